The minimum Gasteiger partial charge on any atom is -0.459 e. The first-order chi connectivity index (χ1) is 36.0. The van der Waals surface area contributed by atoms with Crippen molar-refractivity contribution in [3.63, 3.8) is 0 Å². The minimum absolute atomic E-state index is 0.0747. The zero-order chi connectivity index (χ0) is 57.1. The van der Waals surface area contributed by atoms with Crippen LogP contribution in [0.5, 0.6) is 0 Å². The number of nitrogens with zero attached hydrogens (tertiary/aromatic N) is 5. The maximum atomic E-state index is 14.9. The summed E-state index contributed by atoms with van der Waals surface area (Å²) in [6.45, 7) is 17.3. The fourth-order valence-electron chi connectivity index (χ4n) is 12.5. The number of esters is 1. The fourth-order valence-corrected chi connectivity index (χ4v) is 14.3. The summed E-state index contributed by atoms with van der Waals surface area (Å²) in [4.78, 5) is 18.4. The Bertz CT molecular complexity index is 2310. The zero-order valence-corrected chi connectivity index (χ0v) is 48.7. The summed E-state index contributed by atoms with van der Waals surface area (Å²) >= 11 is 0. The number of halogens is 1. The summed E-state index contributed by atoms with van der Waals surface area (Å²) in [5.41, 5.74) is -2.42. The number of aliphatic hydroxyl groups is 5. The van der Waals surface area contributed by atoms with E-state index in [0.717, 1.165) is 5.56 Å². The number of hydrogen-bond acceptors (Lipinski definition) is 19. The van der Waals surface area contributed by atoms with E-state index in [9.17, 15) is 43.1 Å². The van der Waals surface area contributed by atoms with Gasteiger partial charge in [-0.3, -0.25) is 4.79 Å². The molecule has 1 aromatic carbocycles. The first kappa shape index (κ1) is 63.4. The third-order valence-corrected chi connectivity index (χ3v) is 19.2. The van der Waals surface area contributed by atoms with Gasteiger partial charge >= 0.3 is 5.97 Å². The summed E-state index contributed by atoms with van der Waals surface area (Å²) in [5, 5.41) is 68.6. The summed E-state index contributed by atoms with van der Waals surface area (Å²) in [5.74, 6) is -2.72. The van der Waals surface area contributed by atoms with E-state index in [-0.39, 0.29) is 42.6 Å². The van der Waals surface area contributed by atoms with E-state index in [0.29, 0.717) is 43.6 Å². The van der Waals surface area contributed by atoms with E-state index in [2.05, 4.69) is 10.3 Å². The molecule has 2 aromatic rings. The minimum atomic E-state index is -3.06. The SMILES string of the molecule is CC[C@H]1OC(=O)[C@H](C)[C@@H](O[C@H]2C[C@@](C)(OC)[C@@H](O)[C@H](C)O2)[C@H](C)[C@@H](O[C@@H]2O[C@H](C)C[C@H](N(C)CCc3cn([C@H](CF)[C@H](OC)c4ccc(C5CCS(=O)(=O)C5)cc4)nn3)[C@H]2O)[C@](C)(O)C[C@@H](C)CN(C)[C@H](C)[C@@H](O)[C@]1(C)O. The van der Waals surface area contributed by atoms with Gasteiger partial charge in [0.1, 0.15) is 48.8 Å². The molecule has 21 atom stereocenters. The van der Waals surface area contributed by atoms with Gasteiger partial charge in [0.2, 0.25) is 0 Å². The second kappa shape index (κ2) is 26.0. The summed E-state index contributed by atoms with van der Waals surface area (Å²) in [6, 6.07) is 5.48. The average Bonchev–Trinajstić information content (AvgIpc) is 4.01. The highest BCUT2D eigenvalue weighted by Crippen LogP contribution is 2.41. The first-order valence-electron chi connectivity index (χ1n) is 27.6. The molecular weight excluding hydrogens is 1020 g/mol. The highest BCUT2D eigenvalue weighted by atomic mass is 32.2. The predicted octanol–water partition coefficient (Wildman–Crippen LogP) is 3.91. The van der Waals surface area contributed by atoms with Crippen LogP contribution >= 0.6 is 0 Å². The van der Waals surface area contributed by atoms with Gasteiger partial charge in [-0.15, -0.1) is 5.10 Å². The molecule has 0 aliphatic carbocycles. The number of cyclic esters (lactones) is 1. The molecular formula is C55H92FN5O15S. The maximum absolute atomic E-state index is 14.9. The molecule has 1 unspecified atom stereocenters. The van der Waals surface area contributed by atoms with Crippen LogP contribution in [0.3, 0.4) is 0 Å². The molecule has 0 amide bonds. The van der Waals surface area contributed by atoms with Crippen molar-refractivity contribution in [1.29, 1.82) is 0 Å². The maximum Gasteiger partial charge on any atom is 0.311 e. The topological polar surface area (TPSA) is 254 Å². The molecule has 4 fully saturated rings. The van der Waals surface area contributed by atoms with E-state index >= 15 is 0 Å². The quantitative estimate of drug-likeness (QED) is 0.149. The summed E-state index contributed by atoms with van der Waals surface area (Å²) in [7, 11) is 3.62. The molecule has 5 heterocycles. The van der Waals surface area contributed by atoms with Crippen LogP contribution in [-0.4, -0.2) is 215 Å². The molecule has 1 aromatic heterocycles. The summed E-state index contributed by atoms with van der Waals surface area (Å²) < 4.78 is 84.7. The number of aromatic nitrogens is 3. The molecule has 0 radical (unpaired) electrons. The van der Waals surface area contributed by atoms with Gasteiger partial charge < -0.3 is 68.5 Å². The van der Waals surface area contributed by atoms with Crippen molar-refractivity contribution >= 4 is 15.8 Å². The van der Waals surface area contributed by atoms with Gasteiger partial charge in [-0.2, -0.15) is 0 Å². The number of hydrogen-bond donors (Lipinski definition) is 5. The number of alkyl halides is 1. The van der Waals surface area contributed by atoms with Gasteiger partial charge in [0, 0.05) is 64.3 Å². The molecule has 4 aliphatic heterocycles. The molecule has 5 N–H and O–H groups in total. The van der Waals surface area contributed by atoms with Crippen molar-refractivity contribution < 1.29 is 76.3 Å². The Hall–Kier alpha value is -2.81. The molecule has 77 heavy (non-hydrogen) atoms. The number of benzene rings is 1. The Morgan fingerprint density at radius 3 is 2.25 bits per heavy atom. The lowest BCUT2D eigenvalue weighted by atomic mass is 9.77. The highest BCUT2D eigenvalue weighted by molar-refractivity contribution is 7.91. The molecule has 6 rings (SSSR count). The van der Waals surface area contributed by atoms with E-state index in [1.807, 2.05) is 62.0 Å². The van der Waals surface area contributed by atoms with Crippen LogP contribution in [-0.2, 0) is 54.2 Å². The molecule has 4 aliphatic rings. The van der Waals surface area contributed by atoms with Gasteiger partial charge in [-0.05, 0) is 111 Å². The predicted molar refractivity (Wildman–Crippen MR) is 284 cm³/mol. The van der Waals surface area contributed by atoms with Crippen LogP contribution in [0, 0.1) is 17.8 Å². The second-order valence-corrected chi connectivity index (χ2v) is 26.0. The van der Waals surface area contributed by atoms with Crippen molar-refractivity contribution in [3.8, 4) is 0 Å². The zero-order valence-electron chi connectivity index (χ0n) is 47.9. The van der Waals surface area contributed by atoms with E-state index in [4.69, 9.17) is 33.2 Å². The Labute approximate surface area is 456 Å². The monoisotopic (exact) mass is 1110 g/mol. The molecule has 4 saturated heterocycles. The number of sulfone groups is 1. The van der Waals surface area contributed by atoms with Crippen molar-refractivity contribution in [1.82, 2.24) is 24.8 Å². The van der Waals surface area contributed by atoms with Gasteiger partial charge in [0.15, 0.2) is 22.4 Å². The lowest BCUT2D eigenvalue weighted by Crippen LogP contribution is -2.61. The lowest BCUT2D eigenvalue weighted by molar-refractivity contribution is -0.318. The van der Waals surface area contributed by atoms with Gasteiger partial charge in [-0.25, -0.2) is 17.5 Å². The molecule has 440 valence electrons. The number of carbonyl (C=O) groups excluding carboxylic acids is 1. The number of aliphatic hydroxyl groups excluding tert-OH is 3. The Morgan fingerprint density at radius 2 is 1.65 bits per heavy atom. The molecule has 22 heteroatoms. The lowest BCUT2D eigenvalue weighted by Gasteiger charge is -2.49. The third kappa shape index (κ3) is 14.6. The Kier molecular flexibility index (Phi) is 21.4. The van der Waals surface area contributed by atoms with E-state index in [1.165, 1.54) is 25.8 Å². The number of ether oxygens (including phenoxy) is 7. The van der Waals surface area contributed by atoms with Gasteiger partial charge in [0.25, 0.3) is 0 Å². The fraction of sp³-hybridized carbons (Fsp3) is 0.836. The standard InChI is InChI=1S/C55H92FN5O15S/c1-15-43-55(10,67)48(63)35(6)60(12)28-31(2)25-53(8,66)50(33(4)46(34(5)51(65)74-43)75-44-26-54(9,71-14)49(64)36(7)73-44)76-52-45(62)41(24-32(3)72-52)59(11)22-20-40-29-61(58-57-40)42(27-56)47(70-13)38-18-16-37(17-19-38)39-21-23-77(68,69)30-39/h16-19,29,31-36,39,41-50,52,62-64,66-67H,15,20-28,30H2,1-14H3/t31-,32-,33+,34-,35-,36+,39?,41+,42-,43-,44+,45-,46+,47-,48-,49+,50-,52+,53-,54-,55-/m1/s1. The Morgan fingerprint density at radius 1 is 0.974 bits per heavy atom. The van der Waals surface area contributed by atoms with Crippen molar-refractivity contribution in [3.05, 3.63) is 47.3 Å². The highest BCUT2D eigenvalue weighted by Gasteiger charge is 2.53. The van der Waals surface area contributed by atoms with E-state index < -0.39 is 137 Å². The van der Waals surface area contributed by atoms with Crippen LogP contribution in [0.2, 0.25) is 0 Å². The Balaban J connectivity index is 1.24. The molecule has 0 spiro atoms. The van der Waals surface area contributed by atoms with Crippen LogP contribution in [0.1, 0.15) is 136 Å². The van der Waals surface area contributed by atoms with Crippen LogP contribution in [0.15, 0.2) is 30.5 Å². The van der Waals surface area contributed by atoms with Crippen LogP contribution in [0.25, 0.3) is 0 Å². The number of rotatable bonds is 16. The molecule has 0 bridgehead atoms. The van der Waals surface area contributed by atoms with Crippen molar-refractivity contribution in [2.45, 2.75) is 216 Å². The van der Waals surface area contributed by atoms with Crippen molar-refractivity contribution in [2.75, 3.05) is 59.6 Å². The number of carbonyl (C=O) groups is 1. The largest absolute Gasteiger partial charge is 0.459 e. The van der Waals surface area contributed by atoms with Crippen molar-refractivity contribution in [2.24, 2.45) is 17.8 Å². The van der Waals surface area contributed by atoms with Gasteiger partial charge in [-0.1, -0.05) is 50.3 Å². The smallest absolute Gasteiger partial charge is 0.311 e. The molecule has 0 saturated carbocycles. The third-order valence-electron chi connectivity index (χ3n) is 17.5. The molecule has 20 nitrogen and oxygen atoms in total. The average molecular weight is 1110 g/mol. The number of likely N-dealkylation sites (N-methyl/N-ethyl adjacent to an activating group) is 2. The second-order valence-electron chi connectivity index (χ2n) is 23.8. The first-order valence-corrected chi connectivity index (χ1v) is 29.4. The van der Waals surface area contributed by atoms with Crippen LogP contribution < -0.4 is 0 Å². The number of methoxy groups -OCH3 is 2. The normalized spacial score (nSPS) is 40.9. The van der Waals surface area contributed by atoms with Gasteiger partial charge in [0.05, 0.1) is 58.7 Å². The van der Waals surface area contributed by atoms with Crippen LogP contribution in [0.4, 0.5) is 4.39 Å². The summed E-state index contributed by atoms with van der Waals surface area (Å²) in [6.07, 6.45) is -7.71. The van der Waals surface area contributed by atoms with E-state index in [1.54, 1.807) is 54.7 Å².